The third kappa shape index (κ3) is 3.21. The third-order valence-electron chi connectivity index (χ3n) is 5.91. The van der Waals surface area contributed by atoms with Crippen LogP contribution in [0.25, 0.3) is 0 Å². The van der Waals surface area contributed by atoms with Gasteiger partial charge < -0.3 is 9.47 Å². The second-order valence-electron chi connectivity index (χ2n) is 7.73. The van der Waals surface area contributed by atoms with Crippen molar-refractivity contribution in [1.82, 2.24) is 24.6 Å². The SMILES string of the molecule is Fc1ccc(N2CCN(C3CN(Cc4nncn4C4CC4)C3)CC2)cc1. The van der Waals surface area contributed by atoms with Crippen LogP contribution in [0.3, 0.4) is 0 Å². The van der Waals surface area contributed by atoms with Gasteiger partial charge in [0, 0.05) is 57.0 Å². The Labute approximate surface area is 153 Å². The minimum absolute atomic E-state index is 0.167. The zero-order valence-electron chi connectivity index (χ0n) is 15.0. The first kappa shape index (κ1) is 16.2. The van der Waals surface area contributed by atoms with Gasteiger partial charge in [-0.3, -0.25) is 9.80 Å². The van der Waals surface area contributed by atoms with E-state index in [1.54, 1.807) is 12.1 Å². The van der Waals surface area contributed by atoms with Gasteiger partial charge in [0.2, 0.25) is 0 Å². The average Bonchev–Trinajstić information content (AvgIpc) is 3.37. The first-order valence-corrected chi connectivity index (χ1v) is 9.61. The molecule has 0 bridgehead atoms. The zero-order chi connectivity index (χ0) is 17.5. The van der Waals surface area contributed by atoms with Crippen LogP contribution in [0.1, 0.15) is 24.7 Å². The first-order chi connectivity index (χ1) is 12.8. The normalized spacial score (nSPS) is 22.6. The molecular weight excluding hydrogens is 331 g/mol. The van der Waals surface area contributed by atoms with Gasteiger partial charge in [0.1, 0.15) is 18.0 Å². The van der Waals surface area contributed by atoms with Crippen LogP contribution in [-0.4, -0.2) is 69.9 Å². The van der Waals surface area contributed by atoms with Crippen molar-refractivity contribution >= 4 is 5.69 Å². The fraction of sp³-hybridized carbons (Fsp3) is 0.579. The predicted octanol–water partition coefficient (Wildman–Crippen LogP) is 1.76. The predicted molar refractivity (Wildman–Crippen MR) is 97.5 cm³/mol. The summed E-state index contributed by atoms with van der Waals surface area (Å²) < 4.78 is 15.3. The van der Waals surface area contributed by atoms with Gasteiger partial charge in [-0.15, -0.1) is 10.2 Å². The molecule has 0 radical (unpaired) electrons. The molecule has 0 atom stereocenters. The average molecular weight is 356 g/mol. The fourth-order valence-corrected chi connectivity index (χ4v) is 4.14. The number of hydrogen-bond acceptors (Lipinski definition) is 5. The highest BCUT2D eigenvalue weighted by atomic mass is 19.1. The second-order valence-corrected chi connectivity index (χ2v) is 7.73. The van der Waals surface area contributed by atoms with E-state index in [-0.39, 0.29) is 5.82 Å². The summed E-state index contributed by atoms with van der Waals surface area (Å²) in [6, 6.07) is 8.16. The number of hydrogen-bond donors (Lipinski definition) is 0. The number of halogens is 1. The molecule has 2 aliphatic heterocycles. The number of piperazine rings is 1. The Morgan fingerprint density at radius 3 is 2.38 bits per heavy atom. The van der Waals surface area contributed by atoms with Gasteiger partial charge in [-0.05, 0) is 37.1 Å². The van der Waals surface area contributed by atoms with Crippen LogP contribution in [0, 0.1) is 5.82 Å². The fourth-order valence-electron chi connectivity index (χ4n) is 4.14. The summed E-state index contributed by atoms with van der Waals surface area (Å²) in [6.45, 7) is 7.34. The van der Waals surface area contributed by atoms with E-state index in [1.165, 1.54) is 12.8 Å². The molecule has 0 N–H and O–H groups in total. The van der Waals surface area contributed by atoms with E-state index < -0.39 is 0 Å². The van der Waals surface area contributed by atoms with Crippen LogP contribution in [0.15, 0.2) is 30.6 Å². The van der Waals surface area contributed by atoms with Crippen LogP contribution in [0.4, 0.5) is 10.1 Å². The highest BCUT2D eigenvalue weighted by Crippen LogP contribution is 2.35. The smallest absolute Gasteiger partial charge is 0.147 e. The number of aromatic nitrogens is 3. The van der Waals surface area contributed by atoms with E-state index in [9.17, 15) is 4.39 Å². The Morgan fingerprint density at radius 1 is 0.962 bits per heavy atom. The molecular formula is C19H25FN6. The molecule has 0 spiro atoms. The van der Waals surface area contributed by atoms with Crippen molar-refractivity contribution in [2.75, 3.05) is 44.2 Å². The molecule has 5 rings (SSSR count). The molecule has 26 heavy (non-hydrogen) atoms. The van der Waals surface area contributed by atoms with E-state index in [0.29, 0.717) is 12.1 Å². The highest BCUT2D eigenvalue weighted by Gasteiger charge is 2.35. The lowest BCUT2D eigenvalue weighted by Gasteiger charge is -2.48. The molecule has 6 nitrogen and oxygen atoms in total. The topological polar surface area (TPSA) is 40.4 Å². The van der Waals surface area contributed by atoms with Crippen molar-refractivity contribution in [3.63, 3.8) is 0 Å². The van der Waals surface area contributed by atoms with Crippen molar-refractivity contribution in [2.45, 2.75) is 31.5 Å². The second kappa shape index (κ2) is 6.63. The van der Waals surface area contributed by atoms with Gasteiger partial charge in [-0.1, -0.05) is 0 Å². The molecule has 1 aliphatic carbocycles. The molecule has 138 valence electrons. The summed E-state index contributed by atoms with van der Waals surface area (Å²) in [5, 5.41) is 8.40. The van der Waals surface area contributed by atoms with E-state index >= 15 is 0 Å². The molecule has 7 heteroatoms. The molecule has 3 aliphatic rings. The molecule has 3 fully saturated rings. The van der Waals surface area contributed by atoms with E-state index in [0.717, 1.165) is 57.3 Å². The summed E-state index contributed by atoms with van der Waals surface area (Å²) in [7, 11) is 0. The van der Waals surface area contributed by atoms with Crippen molar-refractivity contribution in [2.24, 2.45) is 0 Å². The summed E-state index contributed by atoms with van der Waals surface area (Å²) in [5.74, 6) is 0.951. The molecule has 0 amide bonds. The maximum Gasteiger partial charge on any atom is 0.147 e. The van der Waals surface area contributed by atoms with E-state index in [4.69, 9.17) is 0 Å². The minimum atomic E-state index is -0.167. The Bertz CT molecular complexity index is 742. The van der Waals surface area contributed by atoms with Crippen LogP contribution in [0.5, 0.6) is 0 Å². The molecule has 2 saturated heterocycles. The molecule has 1 aromatic heterocycles. The van der Waals surface area contributed by atoms with Gasteiger partial charge >= 0.3 is 0 Å². The Morgan fingerprint density at radius 2 is 1.69 bits per heavy atom. The van der Waals surface area contributed by atoms with Crippen LogP contribution >= 0.6 is 0 Å². The lowest BCUT2D eigenvalue weighted by atomic mass is 10.1. The summed E-state index contributed by atoms with van der Waals surface area (Å²) in [5.41, 5.74) is 1.13. The Kier molecular flexibility index (Phi) is 4.13. The number of anilines is 1. The molecule has 2 aromatic rings. The number of nitrogens with zero attached hydrogens (tertiary/aromatic N) is 6. The summed E-state index contributed by atoms with van der Waals surface area (Å²) in [6.07, 6.45) is 4.43. The van der Waals surface area contributed by atoms with Crippen molar-refractivity contribution in [1.29, 1.82) is 0 Å². The van der Waals surface area contributed by atoms with Gasteiger partial charge in [0.15, 0.2) is 0 Å². The molecule has 3 heterocycles. The van der Waals surface area contributed by atoms with Crippen molar-refractivity contribution < 1.29 is 4.39 Å². The highest BCUT2D eigenvalue weighted by molar-refractivity contribution is 5.46. The van der Waals surface area contributed by atoms with Gasteiger partial charge in [0.25, 0.3) is 0 Å². The van der Waals surface area contributed by atoms with Gasteiger partial charge in [-0.25, -0.2) is 4.39 Å². The van der Waals surface area contributed by atoms with Gasteiger partial charge in [-0.2, -0.15) is 0 Å². The number of benzene rings is 1. The van der Waals surface area contributed by atoms with Crippen molar-refractivity contribution in [3.05, 3.63) is 42.2 Å². The quantitative estimate of drug-likeness (QED) is 0.816. The lowest BCUT2D eigenvalue weighted by molar-refractivity contribution is 0.0233. The van der Waals surface area contributed by atoms with E-state index in [1.807, 2.05) is 18.5 Å². The maximum atomic E-state index is 13.1. The largest absolute Gasteiger partial charge is 0.369 e. The van der Waals surface area contributed by atoms with Crippen LogP contribution < -0.4 is 4.90 Å². The number of likely N-dealkylation sites (tertiary alicyclic amines) is 1. The Hall–Kier alpha value is -1.99. The molecule has 1 saturated carbocycles. The first-order valence-electron chi connectivity index (χ1n) is 9.61. The summed E-state index contributed by atoms with van der Waals surface area (Å²) in [4.78, 5) is 7.42. The molecule has 0 unspecified atom stereocenters. The minimum Gasteiger partial charge on any atom is -0.369 e. The maximum absolute atomic E-state index is 13.1. The van der Waals surface area contributed by atoms with Crippen LogP contribution in [0.2, 0.25) is 0 Å². The Balaban J connectivity index is 1.10. The summed E-state index contributed by atoms with van der Waals surface area (Å²) >= 11 is 0. The zero-order valence-corrected chi connectivity index (χ0v) is 15.0. The van der Waals surface area contributed by atoms with Gasteiger partial charge in [0.05, 0.1) is 6.54 Å². The van der Waals surface area contributed by atoms with Crippen LogP contribution in [-0.2, 0) is 6.54 Å². The third-order valence-corrected chi connectivity index (χ3v) is 5.91. The van der Waals surface area contributed by atoms with E-state index in [2.05, 4.69) is 29.5 Å². The monoisotopic (exact) mass is 356 g/mol. The van der Waals surface area contributed by atoms with Crippen molar-refractivity contribution in [3.8, 4) is 0 Å². The molecule has 1 aromatic carbocycles. The standard InChI is InChI=1S/C19H25FN6/c20-15-1-3-16(4-2-15)24-7-9-25(10-8-24)18-11-23(12-18)13-19-22-21-14-26(19)17-5-6-17/h1-4,14,17-18H,5-13H2. The number of rotatable bonds is 5. The lowest BCUT2D eigenvalue weighted by Crippen LogP contribution is -2.62.